The van der Waals surface area contributed by atoms with Gasteiger partial charge in [-0.1, -0.05) is 6.92 Å². The minimum atomic E-state index is -0.507. The molecule has 4 N–H and O–H groups in total. The molecule has 5 nitrogen and oxygen atoms in total. The second-order valence-electron chi connectivity index (χ2n) is 6.34. The monoisotopic (exact) mass is 391 g/mol. The van der Waals surface area contributed by atoms with Crippen molar-refractivity contribution in [3.05, 3.63) is 51.7 Å². The zero-order valence-electron chi connectivity index (χ0n) is 14.1. The lowest BCUT2D eigenvalue weighted by molar-refractivity contribution is 0.0975. The molecule has 136 valence electrons. The summed E-state index contributed by atoms with van der Waals surface area (Å²) >= 11 is 6.63. The summed E-state index contributed by atoms with van der Waals surface area (Å²) in [4.78, 5) is 25.2. The average molecular weight is 391 g/mol. The maximum atomic E-state index is 12.9. The van der Waals surface area contributed by atoms with E-state index in [1.807, 2.05) is 0 Å². The molecule has 0 saturated heterocycles. The zero-order chi connectivity index (χ0) is 18.8. The van der Waals surface area contributed by atoms with Gasteiger partial charge in [0.1, 0.15) is 10.8 Å². The number of benzene rings is 1. The summed E-state index contributed by atoms with van der Waals surface area (Å²) in [7, 11) is 0. The van der Waals surface area contributed by atoms with Crippen LogP contribution in [0, 0.1) is 11.7 Å². The number of carbonyl (C=O) groups excluding carboxylic acids is 2. The van der Waals surface area contributed by atoms with Gasteiger partial charge < -0.3 is 11.1 Å². The Kier molecular flexibility index (Phi) is 5.33. The molecule has 26 heavy (non-hydrogen) atoms. The Bertz CT molecular complexity index is 877. The Morgan fingerprint density at radius 2 is 2.00 bits per heavy atom. The van der Waals surface area contributed by atoms with Gasteiger partial charge in [0.2, 0.25) is 0 Å². The standard InChI is InChI=1S/C18H18FN3O2S2/c1-9-2-7-12-13(8-9)26-17(14(12)15(20)23)22-18(25)21-16(24)10-3-5-11(19)6-4-10/h3-6,9H,2,7-8H2,1H3,(H2,20,23)(H2,21,22,24,25)/t9-/m1/s1. The Hall–Kier alpha value is -2.32. The fourth-order valence-corrected chi connectivity index (χ4v) is 4.69. The Labute approximate surface area is 159 Å². The minimum absolute atomic E-state index is 0.0634. The highest BCUT2D eigenvalue weighted by molar-refractivity contribution is 7.80. The van der Waals surface area contributed by atoms with E-state index in [0.717, 1.165) is 29.7 Å². The van der Waals surface area contributed by atoms with E-state index in [0.29, 0.717) is 16.5 Å². The number of rotatable bonds is 3. The Balaban J connectivity index is 1.76. The predicted molar refractivity (Wildman–Crippen MR) is 104 cm³/mol. The van der Waals surface area contributed by atoms with Crippen LogP contribution in [-0.2, 0) is 12.8 Å². The van der Waals surface area contributed by atoms with Gasteiger partial charge in [0.05, 0.1) is 5.56 Å². The van der Waals surface area contributed by atoms with Crippen LogP contribution in [-0.4, -0.2) is 16.9 Å². The third-order valence-electron chi connectivity index (χ3n) is 4.32. The molecule has 1 aliphatic carbocycles. The van der Waals surface area contributed by atoms with Gasteiger partial charge in [0.25, 0.3) is 11.8 Å². The van der Waals surface area contributed by atoms with Gasteiger partial charge in [0.15, 0.2) is 5.11 Å². The first-order valence-corrected chi connectivity index (χ1v) is 9.40. The number of halogens is 1. The number of primary amides is 1. The van der Waals surface area contributed by atoms with Crippen LogP contribution in [0.15, 0.2) is 24.3 Å². The summed E-state index contributed by atoms with van der Waals surface area (Å²) in [6.45, 7) is 2.17. The topological polar surface area (TPSA) is 84.2 Å². The Morgan fingerprint density at radius 1 is 1.31 bits per heavy atom. The lowest BCUT2D eigenvalue weighted by atomic mass is 9.88. The molecular formula is C18H18FN3O2S2. The van der Waals surface area contributed by atoms with Gasteiger partial charge in [-0.15, -0.1) is 11.3 Å². The quantitative estimate of drug-likeness (QED) is 0.702. The first kappa shape index (κ1) is 18.5. The smallest absolute Gasteiger partial charge is 0.257 e. The van der Waals surface area contributed by atoms with Crippen LogP contribution >= 0.6 is 23.6 Å². The van der Waals surface area contributed by atoms with Crippen molar-refractivity contribution in [2.24, 2.45) is 11.7 Å². The number of carbonyl (C=O) groups is 2. The molecule has 0 spiro atoms. The van der Waals surface area contributed by atoms with Crippen LogP contribution in [0.3, 0.4) is 0 Å². The fourth-order valence-electron chi connectivity index (χ4n) is 3.01. The molecule has 8 heteroatoms. The summed E-state index contributed by atoms with van der Waals surface area (Å²) in [5.74, 6) is -0.836. The fraction of sp³-hybridized carbons (Fsp3) is 0.278. The molecule has 0 unspecified atom stereocenters. The minimum Gasteiger partial charge on any atom is -0.365 e. The van der Waals surface area contributed by atoms with Crippen molar-refractivity contribution in [3.63, 3.8) is 0 Å². The zero-order valence-corrected chi connectivity index (χ0v) is 15.7. The second kappa shape index (κ2) is 7.51. The van der Waals surface area contributed by atoms with E-state index < -0.39 is 17.6 Å². The molecule has 1 aromatic heterocycles. The molecular weight excluding hydrogens is 373 g/mol. The van der Waals surface area contributed by atoms with Crippen LogP contribution in [0.25, 0.3) is 0 Å². The van der Waals surface area contributed by atoms with Gasteiger partial charge in [-0.2, -0.15) is 0 Å². The number of thiocarbonyl (C=S) groups is 1. The second-order valence-corrected chi connectivity index (χ2v) is 7.85. The normalized spacial score (nSPS) is 15.8. The predicted octanol–water partition coefficient (Wildman–Crippen LogP) is 3.24. The number of amides is 2. The molecule has 0 fully saturated rings. The molecule has 2 aromatic rings. The van der Waals surface area contributed by atoms with Gasteiger partial charge in [-0.25, -0.2) is 4.39 Å². The van der Waals surface area contributed by atoms with E-state index in [4.69, 9.17) is 18.0 Å². The highest BCUT2D eigenvalue weighted by Crippen LogP contribution is 2.39. The van der Waals surface area contributed by atoms with Crippen molar-refractivity contribution in [2.75, 3.05) is 5.32 Å². The summed E-state index contributed by atoms with van der Waals surface area (Å²) in [5.41, 5.74) is 7.28. The van der Waals surface area contributed by atoms with E-state index >= 15 is 0 Å². The lowest BCUT2D eigenvalue weighted by Gasteiger charge is -2.18. The van der Waals surface area contributed by atoms with Gasteiger partial charge >= 0.3 is 0 Å². The third-order valence-corrected chi connectivity index (χ3v) is 5.69. The van der Waals surface area contributed by atoms with Gasteiger partial charge in [-0.3, -0.25) is 14.9 Å². The summed E-state index contributed by atoms with van der Waals surface area (Å²) in [5, 5.41) is 6.07. The van der Waals surface area contributed by atoms with E-state index in [2.05, 4.69) is 17.6 Å². The first-order valence-electron chi connectivity index (χ1n) is 8.17. The number of fused-ring (bicyclic) bond motifs is 1. The van der Waals surface area contributed by atoms with Crippen LogP contribution in [0.2, 0.25) is 0 Å². The number of hydrogen-bond donors (Lipinski definition) is 3. The first-order chi connectivity index (χ1) is 12.3. The van der Waals surface area contributed by atoms with Crippen molar-refractivity contribution < 1.29 is 14.0 Å². The molecule has 0 radical (unpaired) electrons. The molecule has 0 bridgehead atoms. The van der Waals surface area contributed by atoms with Crippen LogP contribution in [0.5, 0.6) is 0 Å². The molecule has 2 amide bonds. The van der Waals surface area contributed by atoms with Crippen LogP contribution in [0.1, 0.15) is 44.5 Å². The van der Waals surface area contributed by atoms with Crippen molar-refractivity contribution in [3.8, 4) is 0 Å². The van der Waals surface area contributed by atoms with E-state index in [9.17, 15) is 14.0 Å². The molecule has 1 atom stereocenters. The SMILES string of the molecule is C[C@@H]1CCc2c(sc(NC(=S)NC(=O)c3ccc(F)cc3)c2C(N)=O)C1. The van der Waals surface area contributed by atoms with Crippen LogP contribution < -0.4 is 16.4 Å². The number of hydrogen-bond acceptors (Lipinski definition) is 4. The number of nitrogens with one attached hydrogen (secondary N) is 2. The highest BCUT2D eigenvalue weighted by Gasteiger charge is 2.27. The number of thiophene rings is 1. The number of nitrogens with two attached hydrogens (primary N) is 1. The molecule has 1 heterocycles. The highest BCUT2D eigenvalue weighted by atomic mass is 32.1. The Morgan fingerprint density at radius 3 is 2.65 bits per heavy atom. The van der Waals surface area contributed by atoms with Gasteiger partial charge in [-0.05, 0) is 67.2 Å². The van der Waals surface area contributed by atoms with Crippen molar-refractivity contribution in [1.82, 2.24) is 5.32 Å². The summed E-state index contributed by atoms with van der Waals surface area (Å²) in [6, 6.07) is 5.14. The maximum absolute atomic E-state index is 12.9. The lowest BCUT2D eigenvalue weighted by Crippen LogP contribution is -2.34. The maximum Gasteiger partial charge on any atom is 0.257 e. The van der Waals surface area contributed by atoms with Crippen molar-refractivity contribution >= 4 is 45.5 Å². The molecule has 1 aromatic carbocycles. The third kappa shape index (κ3) is 3.91. The largest absolute Gasteiger partial charge is 0.365 e. The molecule has 0 saturated carbocycles. The van der Waals surface area contributed by atoms with E-state index in [1.54, 1.807) is 0 Å². The van der Waals surface area contributed by atoms with E-state index in [-0.39, 0.29) is 10.7 Å². The average Bonchev–Trinajstić information content (AvgIpc) is 2.91. The van der Waals surface area contributed by atoms with Crippen molar-refractivity contribution in [2.45, 2.75) is 26.2 Å². The van der Waals surface area contributed by atoms with Crippen molar-refractivity contribution in [1.29, 1.82) is 0 Å². The summed E-state index contributed by atoms with van der Waals surface area (Å²) in [6.07, 6.45) is 2.72. The van der Waals surface area contributed by atoms with Crippen LogP contribution in [0.4, 0.5) is 9.39 Å². The molecule has 0 aliphatic heterocycles. The molecule has 1 aliphatic rings. The number of anilines is 1. The van der Waals surface area contributed by atoms with E-state index in [1.165, 1.54) is 35.6 Å². The van der Waals surface area contributed by atoms with Gasteiger partial charge in [0, 0.05) is 10.4 Å². The summed E-state index contributed by atoms with van der Waals surface area (Å²) < 4.78 is 12.9. The molecule has 3 rings (SSSR count).